The van der Waals surface area contributed by atoms with Gasteiger partial charge < -0.3 is 9.64 Å². The second-order valence-corrected chi connectivity index (χ2v) is 10.5. The minimum absolute atomic E-state index is 0.0947. The first-order valence-electron chi connectivity index (χ1n) is 9.82. The predicted molar refractivity (Wildman–Crippen MR) is 108 cm³/mol. The van der Waals surface area contributed by atoms with Crippen LogP contribution in [0.25, 0.3) is 0 Å². The van der Waals surface area contributed by atoms with Crippen molar-refractivity contribution in [3.8, 4) is 0 Å². The lowest BCUT2D eigenvalue weighted by molar-refractivity contribution is -0.103. The van der Waals surface area contributed by atoms with Crippen LogP contribution in [0.3, 0.4) is 0 Å². The number of hydrogen-bond acceptors (Lipinski definition) is 5. The van der Waals surface area contributed by atoms with Crippen LogP contribution in [-0.4, -0.2) is 87.3 Å². The molecule has 27 heavy (non-hydrogen) atoms. The Kier molecular flexibility index (Phi) is 6.58. The molecule has 0 amide bonds. The van der Waals surface area contributed by atoms with Gasteiger partial charge in [-0.05, 0) is 31.9 Å². The van der Waals surface area contributed by atoms with E-state index in [-0.39, 0.29) is 11.4 Å². The lowest BCUT2D eigenvalue weighted by Crippen LogP contribution is -2.53. The molecule has 3 rings (SSSR count). The summed E-state index contributed by atoms with van der Waals surface area (Å²) in [5.74, 6) is 0.212. The number of sulfonamides is 1. The van der Waals surface area contributed by atoms with Gasteiger partial charge in [-0.2, -0.15) is 0 Å². The molecule has 0 aromatic heterocycles. The summed E-state index contributed by atoms with van der Waals surface area (Å²) in [6.07, 6.45) is 1.70. The maximum Gasteiger partial charge on any atom is 0.213 e. The lowest BCUT2D eigenvalue weighted by atomic mass is 10.00. The number of nitrogens with zero attached hydrogens (tertiary/aromatic N) is 3. The highest BCUT2D eigenvalue weighted by Gasteiger charge is 2.42. The van der Waals surface area contributed by atoms with E-state index in [2.05, 4.69) is 41.0 Å². The van der Waals surface area contributed by atoms with Crippen molar-refractivity contribution in [3.05, 3.63) is 35.4 Å². The predicted octanol–water partition coefficient (Wildman–Crippen LogP) is 1.55. The van der Waals surface area contributed by atoms with Crippen molar-refractivity contribution in [2.45, 2.75) is 31.9 Å². The largest absolute Gasteiger partial charge is 0.371 e. The first-order chi connectivity index (χ1) is 12.8. The van der Waals surface area contributed by atoms with Crippen LogP contribution in [0.5, 0.6) is 0 Å². The minimum Gasteiger partial charge on any atom is -0.371 e. The van der Waals surface area contributed by atoms with Crippen molar-refractivity contribution < 1.29 is 13.2 Å². The fraction of sp³-hybridized carbons (Fsp3) is 0.700. The van der Waals surface area contributed by atoms with E-state index in [9.17, 15) is 8.42 Å². The average Bonchev–Trinajstić information content (AvgIpc) is 2.97. The standard InChI is InChI=1S/C20H33N3O3S/c1-18-6-4-7-19(14-18)15-23-11-12-26-20(17-23)8-10-22(16-20)9-5-13-27(24,25)21(2)3/h4,6-7,14H,5,8-13,15-17H2,1-3H3. The van der Waals surface area contributed by atoms with E-state index in [0.29, 0.717) is 6.42 Å². The topological polar surface area (TPSA) is 53.1 Å². The van der Waals surface area contributed by atoms with Crippen LogP contribution >= 0.6 is 0 Å². The van der Waals surface area contributed by atoms with E-state index in [1.165, 1.54) is 15.4 Å². The van der Waals surface area contributed by atoms with Gasteiger partial charge in [0, 0.05) is 46.8 Å². The van der Waals surface area contributed by atoms with Gasteiger partial charge >= 0.3 is 0 Å². The Morgan fingerprint density at radius 1 is 1.19 bits per heavy atom. The lowest BCUT2D eigenvalue weighted by Gasteiger charge is -2.40. The molecule has 0 radical (unpaired) electrons. The molecule has 0 bridgehead atoms. The molecule has 2 fully saturated rings. The summed E-state index contributed by atoms with van der Waals surface area (Å²) in [4.78, 5) is 4.86. The molecule has 1 aromatic carbocycles. The summed E-state index contributed by atoms with van der Waals surface area (Å²) >= 11 is 0. The molecule has 6 nitrogen and oxygen atoms in total. The van der Waals surface area contributed by atoms with Gasteiger partial charge in [-0.3, -0.25) is 4.90 Å². The molecule has 2 saturated heterocycles. The Balaban J connectivity index is 1.50. The highest BCUT2D eigenvalue weighted by Crippen LogP contribution is 2.30. The van der Waals surface area contributed by atoms with E-state index in [0.717, 1.165) is 52.3 Å². The fourth-order valence-electron chi connectivity index (χ4n) is 4.15. The van der Waals surface area contributed by atoms with Crippen molar-refractivity contribution in [3.63, 3.8) is 0 Å². The zero-order valence-electron chi connectivity index (χ0n) is 16.9. The van der Waals surface area contributed by atoms with Crippen molar-refractivity contribution >= 4 is 10.0 Å². The third-order valence-electron chi connectivity index (χ3n) is 5.64. The summed E-state index contributed by atoms with van der Waals surface area (Å²) in [7, 11) is 0.0892. The maximum absolute atomic E-state index is 11.9. The number of hydrogen-bond donors (Lipinski definition) is 0. The van der Waals surface area contributed by atoms with Gasteiger partial charge in [-0.15, -0.1) is 0 Å². The van der Waals surface area contributed by atoms with E-state index in [1.807, 2.05) is 0 Å². The molecule has 1 atom stereocenters. The van der Waals surface area contributed by atoms with Gasteiger partial charge in [0.2, 0.25) is 10.0 Å². The van der Waals surface area contributed by atoms with Crippen LogP contribution in [-0.2, 0) is 21.3 Å². The molecule has 1 unspecified atom stereocenters. The molecule has 2 aliphatic rings. The van der Waals surface area contributed by atoms with E-state index >= 15 is 0 Å². The molecule has 152 valence electrons. The van der Waals surface area contributed by atoms with Gasteiger partial charge in [0.1, 0.15) is 0 Å². The summed E-state index contributed by atoms with van der Waals surface area (Å²) in [5, 5.41) is 0. The van der Waals surface area contributed by atoms with Crippen LogP contribution in [0.4, 0.5) is 0 Å². The minimum atomic E-state index is -3.10. The van der Waals surface area contributed by atoms with Crippen LogP contribution < -0.4 is 0 Å². The van der Waals surface area contributed by atoms with Gasteiger partial charge in [0.25, 0.3) is 0 Å². The fourth-order valence-corrected chi connectivity index (χ4v) is 5.00. The van der Waals surface area contributed by atoms with Crippen LogP contribution in [0.15, 0.2) is 24.3 Å². The summed E-state index contributed by atoms with van der Waals surface area (Å²) < 4.78 is 31.4. The van der Waals surface area contributed by atoms with Gasteiger partial charge in [0.05, 0.1) is 18.0 Å². The number of benzene rings is 1. The number of likely N-dealkylation sites (tertiary alicyclic amines) is 1. The van der Waals surface area contributed by atoms with Crippen LogP contribution in [0, 0.1) is 6.92 Å². The highest BCUT2D eigenvalue weighted by atomic mass is 32.2. The smallest absolute Gasteiger partial charge is 0.213 e. The highest BCUT2D eigenvalue weighted by molar-refractivity contribution is 7.89. The van der Waals surface area contributed by atoms with Crippen molar-refractivity contribution in [1.82, 2.24) is 14.1 Å². The average molecular weight is 396 g/mol. The van der Waals surface area contributed by atoms with Crippen LogP contribution in [0.1, 0.15) is 24.0 Å². The molecule has 1 spiro atoms. The third kappa shape index (κ3) is 5.51. The third-order valence-corrected chi connectivity index (χ3v) is 7.56. The van der Waals surface area contributed by atoms with Gasteiger partial charge in [0.15, 0.2) is 0 Å². The van der Waals surface area contributed by atoms with Crippen LogP contribution in [0.2, 0.25) is 0 Å². The summed E-state index contributed by atoms with van der Waals surface area (Å²) in [6.45, 7) is 8.50. The van der Waals surface area contributed by atoms with E-state index in [4.69, 9.17) is 4.74 Å². The maximum atomic E-state index is 11.9. The zero-order valence-corrected chi connectivity index (χ0v) is 17.7. The zero-order chi connectivity index (χ0) is 19.5. The van der Waals surface area contributed by atoms with E-state index in [1.54, 1.807) is 14.1 Å². The Hall–Kier alpha value is -0.990. The Bertz CT molecular complexity index is 738. The molecular weight excluding hydrogens is 362 g/mol. The monoisotopic (exact) mass is 395 g/mol. The summed E-state index contributed by atoms with van der Waals surface area (Å²) in [6, 6.07) is 8.71. The number of morpholine rings is 1. The molecular formula is C20H33N3O3S. The van der Waals surface area contributed by atoms with E-state index < -0.39 is 10.0 Å². The molecule has 2 aliphatic heterocycles. The van der Waals surface area contributed by atoms with Crippen molar-refractivity contribution in [1.29, 1.82) is 0 Å². The second kappa shape index (κ2) is 8.57. The Labute approximate surface area is 164 Å². The number of aryl methyl sites for hydroxylation is 1. The van der Waals surface area contributed by atoms with Gasteiger partial charge in [-0.25, -0.2) is 12.7 Å². The molecule has 2 heterocycles. The molecule has 0 saturated carbocycles. The first-order valence-corrected chi connectivity index (χ1v) is 11.4. The Morgan fingerprint density at radius 3 is 2.70 bits per heavy atom. The molecule has 0 N–H and O–H groups in total. The summed E-state index contributed by atoms with van der Waals surface area (Å²) in [5.41, 5.74) is 2.56. The quantitative estimate of drug-likeness (QED) is 0.701. The van der Waals surface area contributed by atoms with Gasteiger partial charge in [-0.1, -0.05) is 29.8 Å². The first kappa shape index (κ1) is 20.7. The second-order valence-electron chi connectivity index (χ2n) is 8.21. The van der Waals surface area contributed by atoms with Crippen molar-refractivity contribution in [2.24, 2.45) is 0 Å². The molecule has 1 aromatic rings. The molecule has 0 aliphatic carbocycles. The number of rotatable bonds is 7. The normalized spacial score (nSPS) is 24.9. The number of ether oxygens (including phenoxy) is 1. The SMILES string of the molecule is Cc1cccc(CN2CCOC3(CCN(CCCS(=O)(=O)N(C)C)C3)C2)c1. The molecule has 7 heteroatoms. The van der Waals surface area contributed by atoms with Crippen molar-refractivity contribution in [2.75, 3.05) is 59.2 Å². The Morgan fingerprint density at radius 2 is 1.96 bits per heavy atom.